The van der Waals surface area contributed by atoms with Crippen LogP contribution in [0.25, 0.3) is 0 Å². The highest BCUT2D eigenvalue weighted by atomic mass is 16.3. The Morgan fingerprint density at radius 1 is 1.36 bits per heavy atom. The number of hydrogen-bond acceptors (Lipinski definition) is 2. The van der Waals surface area contributed by atoms with Gasteiger partial charge in [0.25, 0.3) is 0 Å². The van der Waals surface area contributed by atoms with Crippen LogP contribution in [0, 0.1) is 0 Å². The van der Waals surface area contributed by atoms with Crippen LogP contribution in [0.2, 0.25) is 0 Å². The van der Waals surface area contributed by atoms with Gasteiger partial charge in [0.05, 0.1) is 6.10 Å². The Hall–Kier alpha value is -1.03. The van der Waals surface area contributed by atoms with E-state index in [9.17, 15) is 4.79 Å². The molecule has 0 spiro atoms. The number of rotatable bonds is 4. The number of hydrogen-bond donors (Lipinski definition) is 1. The van der Waals surface area contributed by atoms with Crippen molar-refractivity contribution < 1.29 is 5.11 Å². The summed E-state index contributed by atoms with van der Waals surface area (Å²) in [5.41, 5.74) is 0.000602. The van der Waals surface area contributed by atoms with E-state index in [0.29, 0.717) is 13.0 Å². The standard InChI is InChI=1S/C10H18N2O2/c1-8(2)12-7-6-11(10(12)14)5-4-9(3)13/h6-9,13H,4-5H2,1-3H3. The molecule has 0 saturated heterocycles. The molecule has 0 aromatic carbocycles. The van der Waals surface area contributed by atoms with Crippen LogP contribution in [0.5, 0.6) is 0 Å². The van der Waals surface area contributed by atoms with Gasteiger partial charge in [0.15, 0.2) is 0 Å². The first-order valence-corrected chi connectivity index (χ1v) is 4.97. The van der Waals surface area contributed by atoms with Gasteiger partial charge < -0.3 is 5.11 Å². The highest BCUT2D eigenvalue weighted by Gasteiger charge is 2.06. The molecular formula is C10H18N2O2. The van der Waals surface area contributed by atoms with E-state index in [4.69, 9.17) is 5.11 Å². The first-order chi connectivity index (χ1) is 6.52. The SMILES string of the molecule is CC(O)CCn1ccn(C(C)C)c1=O. The third-order valence-electron chi connectivity index (χ3n) is 2.22. The summed E-state index contributed by atoms with van der Waals surface area (Å²) in [5, 5.41) is 9.10. The van der Waals surface area contributed by atoms with Crippen molar-refractivity contribution in [3.05, 3.63) is 22.9 Å². The van der Waals surface area contributed by atoms with Gasteiger partial charge in [-0.25, -0.2) is 4.79 Å². The maximum absolute atomic E-state index is 11.7. The average molecular weight is 198 g/mol. The van der Waals surface area contributed by atoms with Crippen molar-refractivity contribution >= 4 is 0 Å². The molecule has 1 aromatic heterocycles. The molecule has 1 aromatic rings. The first-order valence-electron chi connectivity index (χ1n) is 4.97. The molecule has 0 amide bonds. The van der Waals surface area contributed by atoms with E-state index in [1.807, 2.05) is 13.8 Å². The van der Waals surface area contributed by atoms with Gasteiger partial charge in [0.2, 0.25) is 0 Å². The average Bonchev–Trinajstić information content (AvgIpc) is 2.43. The van der Waals surface area contributed by atoms with Crippen molar-refractivity contribution in [2.45, 2.75) is 45.9 Å². The van der Waals surface area contributed by atoms with Gasteiger partial charge in [-0.1, -0.05) is 0 Å². The summed E-state index contributed by atoms with van der Waals surface area (Å²) in [5.74, 6) is 0. The zero-order valence-electron chi connectivity index (χ0n) is 8.97. The maximum Gasteiger partial charge on any atom is 0.328 e. The molecule has 0 saturated carbocycles. The van der Waals surface area contributed by atoms with E-state index in [-0.39, 0.29) is 17.8 Å². The molecule has 1 unspecified atom stereocenters. The fourth-order valence-corrected chi connectivity index (χ4v) is 1.32. The van der Waals surface area contributed by atoms with Gasteiger partial charge in [-0.05, 0) is 27.2 Å². The molecule has 0 radical (unpaired) electrons. The Kier molecular flexibility index (Phi) is 3.52. The minimum atomic E-state index is -0.357. The van der Waals surface area contributed by atoms with E-state index >= 15 is 0 Å². The molecular weight excluding hydrogens is 180 g/mol. The fourth-order valence-electron chi connectivity index (χ4n) is 1.32. The summed E-state index contributed by atoms with van der Waals surface area (Å²) in [6, 6.07) is 0.190. The van der Waals surface area contributed by atoms with Gasteiger partial charge >= 0.3 is 5.69 Å². The van der Waals surface area contributed by atoms with Crippen LogP contribution in [0.1, 0.15) is 33.2 Å². The fraction of sp³-hybridized carbons (Fsp3) is 0.700. The molecule has 4 nitrogen and oxygen atoms in total. The Morgan fingerprint density at radius 3 is 2.43 bits per heavy atom. The molecule has 1 rings (SSSR count). The van der Waals surface area contributed by atoms with Crippen molar-refractivity contribution in [3.63, 3.8) is 0 Å². The molecule has 4 heteroatoms. The molecule has 80 valence electrons. The van der Waals surface area contributed by atoms with Gasteiger partial charge in [-0.3, -0.25) is 9.13 Å². The van der Waals surface area contributed by atoms with Crippen LogP contribution in [0.4, 0.5) is 0 Å². The van der Waals surface area contributed by atoms with Crippen LogP contribution in [0.3, 0.4) is 0 Å². The van der Waals surface area contributed by atoms with E-state index in [0.717, 1.165) is 0 Å². The molecule has 0 aliphatic carbocycles. The molecule has 0 aliphatic heterocycles. The van der Waals surface area contributed by atoms with Crippen LogP contribution < -0.4 is 5.69 Å². The van der Waals surface area contributed by atoms with Gasteiger partial charge in [0.1, 0.15) is 0 Å². The molecule has 0 bridgehead atoms. The summed E-state index contributed by atoms with van der Waals surface area (Å²) in [4.78, 5) is 11.7. The highest BCUT2D eigenvalue weighted by Crippen LogP contribution is 2.00. The van der Waals surface area contributed by atoms with Crippen molar-refractivity contribution in [1.82, 2.24) is 9.13 Å². The summed E-state index contributed by atoms with van der Waals surface area (Å²) in [6.45, 7) is 6.25. The number of aromatic nitrogens is 2. The number of nitrogens with zero attached hydrogens (tertiary/aromatic N) is 2. The van der Waals surface area contributed by atoms with E-state index in [2.05, 4.69) is 0 Å². The zero-order chi connectivity index (χ0) is 10.7. The van der Waals surface area contributed by atoms with Crippen LogP contribution >= 0.6 is 0 Å². The second-order valence-corrected chi connectivity index (χ2v) is 3.91. The monoisotopic (exact) mass is 198 g/mol. The Labute approximate surface area is 83.8 Å². The lowest BCUT2D eigenvalue weighted by Gasteiger charge is -2.05. The molecule has 1 atom stereocenters. The summed E-state index contributed by atoms with van der Waals surface area (Å²) >= 11 is 0. The van der Waals surface area contributed by atoms with E-state index < -0.39 is 0 Å². The maximum atomic E-state index is 11.7. The molecule has 0 aliphatic rings. The Morgan fingerprint density at radius 2 is 2.00 bits per heavy atom. The number of aryl methyl sites for hydroxylation is 1. The molecule has 1 N–H and O–H groups in total. The van der Waals surface area contributed by atoms with Gasteiger partial charge in [-0.15, -0.1) is 0 Å². The smallest absolute Gasteiger partial charge is 0.328 e. The second kappa shape index (κ2) is 4.46. The third-order valence-corrected chi connectivity index (χ3v) is 2.22. The topological polar surface area (TPSA) is 47.2 Å². The lowest BCUT2D eigenvalue weighted by atomic mass is 10.3. The minimum Gasteiger partial charge on any atom is -0.393 e. The number of aliphatic hydroxyl groups is 1. The lowest BCUT2D eigenvalue weighted by Crippen LogP contribution is -2.26. The Balaban J connectivity index is 2.75. The summed E-state index contributed by atoms with van der Waals surface area (Å²) < 4.78 is 3.31. The molecule has 14 heavy (non-hydrogen) atoms. The normalized spacial score (nSPS) is 13.5. The predicted molar refractivity (Wildman–Crippen MR) is 55.4 cm³/mol. The number of aliphatic hydroxyl groups excluding tert-OH is 1. The summed E-state index contributed by atoms with van der Waals surface area (Å²) in [7, 11) is 0. The highest BCUT2D eigenvalue weighted by molar-refractivity contribution is 4.83. The second-order valence-electron chi connectivity index (χ2n) is 3.91. The van der Waals surface area contributed by atoms with Crippen molar-refractivity contribution in [2.24, 2.45) is 0 Å². The summed E-state index contributed by atoms with van der Waals surface area (Å²) in [6.07, 6.45) is 3.81. The quantitative estimate of drug-likeness (QED) is 0.784. The van der Waals surface area contributed by atoms with E-state index in [1.165, 1.54) is 0 Å². The minimum absolute atomic E-state index is 0.000602. The predicted octanol–water partition coefficient (Wildman–Crippen LogP) is 1.00. The van der Waals surface area contributed by atoms with Crippen molar-refractivity contribution in [3.8, 4) is 0 Å². The van der Waals surface area contributed by atoms with Crippen LogP contribution in [-0.4, -0.2) is 20.3 Å². The van der Waals surface area contributed by atoms with Gasteiger partial charge in [0, 0.05) is 25.0 Å². The Bertz CT molecular complexity index is 336. The van der Waals surface area contributed by atoms with Crippen molar-refractivity contribution in [1.29, 1.82) is 0 Å². The van der Waals surface area contributed by atoms with Crippen LogP contribution in [0.15, 0.2) is 17.2 Å². The van der Waals surface area contributed by atoms with E-state index in [1.54, 1.807) is 28.5 Å². The molecule has 1 heterocycles. The van der Waals surface area contributed by atoms with Gasteiger partial charge in [-0.2, -0.15) is 0 Å². The third kappa shape index (κ3) is 2.48. The van der Waals surface area contributed by atoms with Crippen LogP contribution in [-0.2, 0) is 6.54 Å². The molecule has 0 fully saturated rings. The lowest BCUT2D eigenvalue weighted by molar-refractivity contribution is 0.177. The zero-order valence-corrected chi connectivity index (χ0v) is 8.97. The first kappa shape index (κ1) is 11.0. The van der Waals surface area contributed by atoms with Crippen molar-refractivity contribution in [2.75, 3.05) is 0 Å². The number of imidazole rings is 1. The largest absolute Gasteiger partial charge is 0.393 e.